The van der Waals surface area contributed by atoms with Crippen LogP contribution in [0.5, 0.6) is 0 Å². The first-order valence-corrected chi connectivity index (χ1v) is 7.08. The highest BCUT2D eigenvalue weighted by Crippen LogP contribution is 2.22. The summed E-state index contributed by atoms with van der Waals surface area (Å²) in [5.41, 5.74) is 2.72. The number of carbonyl (C=O) groups excluding carboxylic acids is 2. The zero-order chi connectivity index (χ0) is 15.1. The highest BCUT2D eigenvalue weighted by Gasteiger charge is 2.07. The SMILES string of the molecule is COC(=O)c1ccc(CNC(=O)NC=C2CCCC2)cc1. The first kappa shape index (κ1) is 15.1. The molecule has 1 saturated carbocycles. The number of nitrogens with one attached hydrogen (secondary N) is 2. The molecule has 2 amide bonds. The molecular formula is C16H20N2O3. The molecule has 0 aliphatic heterocycles. The lowest BCUT2D eigenvalue weighted by molar-refractivity contribution is 0.0600. The number of methoxy groups -OCH3 is 1. The van der Waals surface area contributed by atoms with Gasteiger partial charge in [0.25, 0.3) is 0 Å². The van der Waals surface area contributed by atoms with Gasteiger partial charge < -0.3 is 15.4 Å². The fourth-order valence-corrected chi connectivity index (χ4v) is 2.25. The molecule has 5 nitrogen and oxygen atoms in total. The molecule has 0 spiro atoms. The van der Waals surface area contributed by atoms with Crippen molar-refractivity contribution in [3.05, 3.63) is 47.2 Å². The average Bonchev–Trinajstić information content (AvgIpc) is 3.04. The van der Waals surface area contributed by atoms with E-state index in [2.05, 4.69) is 15.4 Å². The fourth-order valence-electron chi connectivity index (χ4n) is 2.25. The molecule has 2 rings (SSSR count). The van der Waals surface area contributed by atoms with Crippen molar-refractivity contribution in [3.8, 4) is 0 Å². The van der Waals surface area contributed by atoms with Crippen LogP contribution in [0.1, 0.15) is 41.6 Å². The molecule has 0 bridgehead atoms. The molecule has 0 saturated heterocycles. The van der Waals surface area contributed by atoms with E-state index in [9.17, 15) is 9.59 Å². The van der Waals surface area contributed by atoms with Gasteiger partial charge in [-0.2, -0.15) is 0 Å². The van der Waals surface area contributed by atoms with E-state index in [4.69, 9.17) is 0 Å². The van der Waals surface area contributed by atoms with Crippen LogP contribution in [0.25, 0.3) is 0 Å². The van der Waals surface area contributed by atoms with Crippen LogP contribution in [0.4, 0.5) is 4.79 Å². The van der Waals surface area contributed by atoms with Gasteiger partial charge in [-0.25, -0.2) is 9.59 Å². The molecule has 0 heterocycles. The number of hydrogen-bond donors (Lipinski definition) is 2. The standard InChI is InChI=1S/C16H20N2O3/c1-21-15(19)14-8-6-13(7-9-14)11-18-16(20)17-10-12-4-2-3-5-12/h6-10H,2-5,11H2,1H3,(H2,17,18,20). The number of ether oxygens (including phenoxy) is 1. The lowest BCUT2D eigenvalue weighted by Gasteiger charge is -2.06. The number of benzene rings is 1. The minimum absolute atomic E-state index is 0.216. The Morgan fingerprint density at radius 2 is 1.86 bits per heavy atom. The number of allylic oxidation sites excluding steroid dienone is 1. The molecule has 1 aliphatic rings. The van der Waals surface area contributed by atoms with Crippen molar-refractivity contribution < 1.29 is 14.3 Å². The second-order valence-electron chi connectivity index (χ2n) is 5.03. The van der Waals surface area contributed by atoms with E-state index in [0.29, 0.717) is 12.1 Å². The molecule has 0 atom stereocenters. The Hall–Kier alpha value is -2.30. The van der Waals surface area contributed by atoms with Gasteiger partial charge in [-0.1, -0.05) is 17.7 Å². The zero-order valence-corrected chi connectivity index (χ0v) is 12.1. The van der Waals surface area contributed by atoms with E-state index < -0.39 is 0 Å². The van der Waals surface area contributed by atoms with Crippen LogP contribution >= 0.6 is 0 Å². The van der Waals surface area contributed by atoms with Gasteiger partial charge in [0.2, 0.25) is 0 Å². The number of rotatable bonds is 4. The number of carbonyl (C=O) groups is 2. The third-order valence-corrected chi connectivity index (χ3v) is 3.48. The van der Waals surface area contributed by atoms with Gasteiger partial charge in [-0.3, -0.25) is 0 Å². The Labute approximate surface area is 124 Å². The molecule has 1 aromatic rings. The monoisotopic (exact) mass is 288 g/mol. The van der Waals surface area contributed by atoms with Crippen LogP contribution in [0.15, 0.2) is 36.0 Å². The minimum Gasteiger partial charge on any atom is -0.465 e. The summed E-state index contributed by atoms with van der Waals surface area (Å²) >= 11 is 0. The molecular weight excluding hydrogens is 268 g/mol. The van der Waals surface area contributed by atoms with E-state index in [1.807, 2.05) is 6.20 Å². The van der Waals surface area contributed by atoms with Gasteiger partial charge in [-0.15, -0.1) is 0 Å². The maximum atomic E-state index is 11.7. The molecule has 1 fully saturated rings. The molecule has 2 N–H and O–H groups in total. The molecule has 5 heteroatoms. The average molecular weight is 288 g/mol. The summed E-state index contributed by atoms with van der Waals surface area (Å²) in [5.74, 6) is -0.365. The summed E-state index contributed by atoms with van der Waals surface area (Å²) in [6.07, 6.45) is 6.39. The molecule has 112 valence electrons. The lowest BCUT2D eigenvalue weighted by Crippen LogP contribution is -2.31. The summed E-state index contributed by atoms with van der Waals surface area (Å²) in [5, 5.41) is 5.52. The molecule has 21 heavy (non-hydrogen) atoms. The number of hydrogen-bond acceptors (Lipinski definition) is 3. The largest absolute Gasteiger partial charge is 0.465 e. The van der Waals surface area contributed by atoms with Gasteiger partial charge in [0.15, 0.2) is 0 Å². The Bertz CT molecular complexity index is 527. The molecule has 0 radical (unpaired) electrons. The molecule has 0 aromatic heterocycles. The Kier molecular flexibility index (Phi) is 5.37. The van der Waals surface area contributed by atoms with E-state index in [-0.39, 0.29) is 12.0 Å². The van der Waals surface area contributed by atoms with Crippen LogP contribution in [0.2, 0.25) is 0 Å². The van der Waals surface area contributed by atoms with Crippen LogP contribution in [0.3, 0.4) is 0 Å². The first-order valence-electron chi connectivity index (χ1n) is 7.08. The number of urea groups is 1. The zero-order valence-electron chi connectivity index (χ0n) is 12.1. The van der Waals surface area contributed by atoms with Gasteiger partial charge in [0.05, 0.1) is 12.7 Å². The highest BCUT2D eigenvalue weighted by molar-refractivity contribution is 5.89. The van der Waals surface area contributed by atoms with Crippen LogP contribution in [0, 0.1) is 0 Å². The van der Waals surface area contributed by atoms with Gasteiger partial charge in [0, 0.05) is 12.7 Å². The molecule has 1 aliphatic carbocycles. The summed E-state index contributed by atoms with van der Waals surface area (Å²) in [6, 6.07) is 6.73. The predicted octanol–water partition coefficient (Wildman–Crippen LogP) is 2.73. The Morgan fingerprint density at radius 3 is 2.48 bits per heavy atom. The predicted molar refractivity (Wildman–Crippen MR) is 79.7 cm³/mol. The fraction of sp³-hybridized carbons (Fsp3) is 0.375. The van der Waals surface area contributed by atoms with E-state index in [1.54, 1.807) is 24.3 Å². The Morgan fingerprint density at radius 1 is 1.19 bits per heavy atom. The normalized spacial score (nSPS) is 13.7. The molecule has 0 unspecified atom stereocenters. The number of esters is 1. The van der Waals surface area contributed by atoms with Crippen molar-refractivity contribution in [2.75, 3.05) is 7.11 Å². The van der Waals surface area contributed by atoms with Crippen molar-refractivity contribution >= 4 is 12.0 Å². The van der Waals surface area contributed by atoms with Crippen molar-refractivity contribution in [1.82, 2.24) is 10.6 Å². The molecule has 1 aromatic carbocycles. The second-order valence-corrected chi connectivity index (χ2v) is 5.03. The van der Waals surface area contributed by atoms with Crippen molar-refractivity contribution in [1.29, 1.82) is 0 Å². The highest BCUT2D eigenvalue weighted by atomic mass is 16.5. The van der Waals surface area contributed by atoms with E-state index in [0.717, 1.165) is 18.4 Å². The van der Waals surface area contributed by atoms with Gasteiger partial charge in [0.1, 0.15) is 0 Å². The van der Waals surface area contributed by atoms with Gasteiger partial charge in [-0.05, 0) is 43.4 Å². The summed E-state index contributed by atoms with van der Waals surface area (Å²) in [6.45, 7) is 0.413. The van der Waals surface area contributed by atoms with Crippen LogP contribution in [-0.4, -0.2) is 19.1 Å². The number of amides is 2. The van der Waals surface area contributed by atoms with E-state index >= 15 is 0 Å². The topological polar surface area (TPSA) is 67.4 Å². The third-order valence-electron chi connectivity index (χ3n) is 3.48. The van der Waals surface area contributed by atoms with Crippen LogP contribution < -0.4 is 10.6 Å². The lowest BCUT2D eigenvalue weighted by atomic mass is 10.1. The third kappa shape index (κ3) is 4.63. The summed E-state index contributed by atoms with van der Waals surface area (Å²) < 4.78 is 4.63. The Balaban J connectivity index is 1.78. The maximum absolute atomic E-state index is 11.7. The van der Waals surface area contributed by atoms with Crippen molar-refractivity contribution in [3.63, 3.8) is 0 Å². The smallest absolute Gasteiger partial charge is 0.337 e. The van der Waals surface area contributed by atoms with Crippen molar-refractivity contribution in [2.45, 2.75) is 32.2 Å². The maximum Gasteiger partial charge on any atom is 0.337 e. The second kappa shape index (κ2) is 7.47. The quantitative estimate of drug-likeness (QED) is 0.837. The van der Waals surface area contributed by atoms with E-state index in [1.165, 1.54) is 25.5 Å². The summed E-state index contributed by atoms with van der Waals surface area (Å²) in [4.78, 5) is 22.9. The first-order chi connectivity index (χ1) is 10.2. The van der Waals surface area contributed by atoms with Gasteiger partial charge >= 0.3 is 12.0 Å². The van der Waals surface area contributed by atoms with Crippen molar-refractivity contribution in [2.24, 2.45) is 0 Å². The van der Waals surface area contributed by atoms with Crippen LogP contribution in [-0.2, 0) is 11.3 Å². The summed E-state index contributed by atoms with van der Waals surface area (Å²) in [7, 11) is 1.35. The minimum atomic E-state index is -0.365.